The molecule has 2 amide bonds. The second-order valence-corrected chi connectivity index (χ2v) is 6.72. The van der Waals surface area contributed by atoms with E-state index in [-0.39, 0.29) is 18.2 Å². The van der Waals surface area contributed by atoms with Gasteiger partial charge in [-0.05, 0) is 24.1 Å². The number of methoxy groups -OCH3 is 1. The molecule has 0 radical (unpaired) electrons. The van der Waals surface area contributed by atoms with Crippen LogP contribution in [0.3, 0.4) is 0 Å². The number of rotatable bonds is 8. The summed E-state index contributed by atoms with van der Waals surface area (Å²) in [7, 11) is 1.52. The van der Waals surface area contributed by atoms with E-state index in [0.29, 0.717) is 24.3 Å². The van der Waals surface area contributed by atoms with Gasteiger partial charge in [0.2, 0.25) is 11.8 Å². The van der Waals surface area contributed by atoms with Crippen molar-refractivity contribution in [1.82, 2.24) is 10.6 Å². The zero-order valence-corrected chi connectivity index (χ0v) is 15.1. The Balaban J connectivity index is 2.51. The normalized spacial score (nSPS) is 12.2. The first kappa shape index (κ1) is 20.5. The molecular weight excluding hydrogens is 324 g/mol. The highest BCUT2D eigenvalue weighted by Gasteiger charge is 2.22. The van der Waals surface area contributed by atoms with Gasteiger partial charge in [-0.3, -0.25) is 9.59 Å². The van der Waals surface area contributed by atoms with Crippen molar-refractivity contribution < 1.29 is 24.2 Å². The number of nitrogens with one attached hydrogen (secondary N) is 2. The van der Waals surface area contributed by atoms with Gasteiger partial charge in [-0.2, -0.15) is 0 Å². The molecule has 0 aliphatic rings. The largest absolute Gasteiger partial charge is 0.497 e. The first-order chi connectivity index (χ1) is 11.6. The second kappa shape index (κ2) is 9.05. The highest BCUT2D eigenvalue weighted by atomic mass is 16.5. The predicted molar refractivity (Wildman–Crippen MR) is 93.2 cm³/mol. The van der Waals surface area contributed by atoms with Crippen LogP contribution in [-0.2, 0) is 14.4 Å². The Bertz CT molecular complexity index is 605. The van der Waals surface area contributed by atoms with Crippen molar-refractivity contribution in [1.29, 1.82) is 0 Å². The van der Waals surface area contributed by atoms with Gasteiger partial charge in [0.15, 0.2) is 6.04 Å². The van der Waals surface area contributed by atoms with E-state index in [9.17, 15) is 19.5 Å². The standard InChI is InChI=1S/C18H26N2O5/c1-18(2,3)17(24)19-11-5-6-14(21)20-15(16(22)23)12-7-9-13(25-4)10-8-12/h7-10,15H,5-6,11H2,1-4H3,(H,19,24)(H,20,21)(H,22,23). The van der Waals surface area contributed by atoms with E-state index < -0.39 is 17.4 Å². The van der Waals surface area contributed by atoms with Crippen LogP contribution in [-0.4, -0.2) is 36.5 Å². The van der Waals surface area contributed by atoms with E-state index in [4.69, 9.17) is 4.74 Å². The summed E-state index contributed by atoms with van der Waals surface area (Å²) in [5, 5.41) is 14.6. The summed E-state index contributed by atoms with van der Waals surface area (Å²) in [4.78, 5) is 35.1. The Morgan fingerprint density at radius 3 is 2.24 bits per heavy atom. The fourth-order valence-corrected chi connectivity index (χ4v) is 2.03. The molecule has 0 bridgehead atoms. The highest BCUT2D eigenvalue weighted by Crippen LogP contribution is 2.18. The lowest BCUT2D eigenvalue weighted by Gasteiger charge is -2.18. The van der Waals surface area contributed by atoms with Gasteiger partial charge >= 0.3 is 5.97 Å². The van der Waals surface area contributed by atoms with Crippen LogP contribution in [0.1, 0.15) is 45.2 Å². The topological polar surface area (TPSA) is 105 Å². The third kappa shape index (κ3) is 6.82. The summed E-state index contributed by atoms with van der Waals surface area (Å²) in [6.45, 7) is 5.79. The maximum Gasteiger partial charge on any atom is 0.330 e. The lowest BCUT2D eigenvalue weighted by molar-refractivity contribution is -0.142. The van der Waals surface area contributed by atoms with E-state index in [1.54, 1.807) is 45.0 Å². The Morgan fingerprint density at radius 2 is 1.76 bits per heavy atom. The van der Waals surface area contributed by atoms with Crippen molar-refractivity contribution >= 4 is 17.8 Å². The van der Waals surface area contributed by atoms with Gasteiger partial charge in [0, 0.05) is 18.4 Å². The van der Waals surface area contributed by atoms with E-state index >= 15 is 0 Å². The Morgan fingerprint density at radius 1 is 1.16 bits per heavy atom. The second-order valence-electron chi connectivity index (χ2n) is 6.72. The van der Waals surface area contributed by atoms with E-state index in [1.165, 1.54) is 7.11 Å². The quantitative estimate of drug-likeness (QED) is 0.621. The van der Waals surface area contributed by atoms with Crippen LogP contribution in [0.25, 0.3) is 0 Å². The molecule has 0 saturated carbocycles. The summed E-state index contributed by atoms with van der Waals surface area (Å²) < 4.78 is 5.03. The minimum Gasteiger partial charge on any atom is -0.497 e. The molecule has 1 aromatic carbocycles. The first-order valence-electron chi connectivity index (χ1n) is 8.09. The molecule has 0 saturated heterocycles. The van der Waals surface area contributed by atoms with Gasteiger partial charge in [-0.15, -0.1) is 0 Å². The van der Waals surface area contributed by atoms with Crippen molar-refractivity contribution in [2.75, 3.05) is 13.7 Å². The molecule has 0 aliphatic carbocycles. The summed E-state index contributed by atoms with van der Waals surface area (Å²) >= 11 is 0. The summed E-state index contributed by atoms with van der Waals surface area (Å²) in [5.74, 6) is -1.00. The molecule has 138 valence electrons. The SMILES string of the molecule is COc1ccc(C(NC(=O)CCCNC(=O)C(C)(C)C)C(=O)O)cc1. The molecule has 1 atom stereocenters. The number of carbonyl (C=O) groups is 3. The van der Waals surface area contributed by atoms with Gasteiger partial charge in [-0.1, -0.05) is 32.9 Å². The van der Waals surface area contributed by atoms with Crippen molar-refractivity contribution in [3.63, 3.8) is 0 Å². The smallest absolute Gasteiger partial charge is 0.330 e. The van der Waals surface area contributed by atoms with Crippen molar-refractivity contribution in [2.45, 2.75) is 39.7 Å². The molecule has 1 rings (SSSR count). The Hall–Kier alpha value is -2.57. The van der Waals surface area contributed by atoms with Crippen molar-refractivity contribution in [3.05, 3.63) is 29.8 Å². The van der Waals surface area contributed by atoms with E-state index in [0.717, 1.165) is 0 Å². The van der Waals surface area contributed by atoms with E-state index in [1.807, 2.05) is 0 Å². The number of aliphatic carboxylic acids is 1. The van der Waals surface area contributed by atoms with Crippen LogP contribution < -0.4 is 15.4 Å². The third-order valence-corrected chi connectivity index (χ3v) is 3.55. The minimum absolute atomic E-state index is 0.0884. The maximum atomic E-state index is 12.0. The van der Waals surface area contributed by atoms with Gasteiger partial charge in [0.1, 0.15) is 5.75 Å². The fourth-order valence-electron chi connectivity index (χ4n) is 2.03. The first-order valence-corrected chi connectivity index (χ1v) is 8.09. The molecule has 1 unspecified atom stereocenters. The Kier molecular flexibility index (Phi) is 7.42. The number of carboxylic acids is 1. The highest BCUT2D eigenvalue weighted by molar-refractivity contribution is 5.84. The molecule has 7 heteroatoms. The number of carbonyl (C=O) groups excluding carboxylic acids is 2. The van der Waals surface area contributed by atoms with Crippen LogP contribution in [0.15, 0.2) is 24.3 Å². The average molecular weight is 350 g/mol. The summed E-state index contributed by atoms with van der Waals surface area (Å²) in [5.41, 5.74) is -0.0203. The summed E-state index contributed by atoms with van der Waals surface area (Å²) in [6.07, 6.45) is 0.562. The zero-order valence-electron chi connectivity index (χ0n) is 15.1. The van der Waals surface area contributed by atoms with Gasteiger partial charge in [0.25, 0.3) is 0 Å². The van der Waals surface area contributed by atoms with Crippen molar-refractivity contribution in [2.24, 2.45) is 5.41 Å². The molecule has 1 aromatic rings. The fraction of sp³-hybridized carbons (Fsp3) is 0.500. The van der Waals surface area contributed by atoms with Gasteiger partial charge in [-0.25, -0.2) is 4.79 Å². The third-order valence-electron chi connectivity index (χ3n) is 3.55. The number of carboxylic acid groups (broad SMARTS) is 1. The average Bonchev–Trinajstić information content (AvgIpc) is 2.55. The predicted octanol–water partition coefficient (Wildman–Crippen LogP) is 1.88. The lowest BCUT2D eigenvalue weighted by atomic mass is 9.96. The lowest BCUT2D eigenvalue weighted by Crippen LogP contribution is -2.36. The molecule has 0 fully saturated rings. The molecule has 25 heavy (non-hydrogen) atoms. The van der Waals surface area contributed by atoms with Crippen LogP contribution in [0.4, 0.5) is 0 Å². The molecule has 0 aromatic heterocycles. The number of hydrogen-bond donors (Lipinski definition) is 3. The van der Waals surface area contributed by atoms with Crippen LogP contribution in [0.5, 0.6) is 5.75 Å². The number of amides is 2. The van der Waals surface area contributed by atoms with E-state index in [2.05, 4.69) is 10.6 Å². The van der Waals surface area contributed by atoms with Gasteiger partial charge in [0.05, 0.1) is 7.11 Å². The molecule has 0 heterocycles. The molecule has 3 N–H and O–H groups in total. The Labute approximate surface area is 147 Å². The number of ether oxygens (including phenoxy) is 1. The monoisotopic (exact) mass is 350 g/mol. The molecule has 7 nitrogen and oxygen atoms in total. The molecule has 0 aliphatic heterocycles. The van der Waals surface area contributed by atoms with Crippen LogP contribution in [0, 0.1) is 5.41 Å². The number of benzene rings is 1. The molecule has 0 spiro atoms. The summed E-state index contributed by atoms with van der Waals surface area (Å²) in [6, 6.07) is 5.35. The molecular formula is C18H26N2O5. The maximum absolute atomic E-state index is 12.0. The van der Waals surface area contributed by atoms with Crippen LogP contribution >= 0.6 is 0 Å². The number of hydrogen-bond acceptors (Lipinski definition) is 4. The van der Waals surface area contributed by atoms with Crippen molar-refractivity contribution in [3.8, 4) is 5.75 Å². The van der Waals surface area contributed by atoms with Gasteiger partial charge < -0.3 is 20.5 Å². The van der Waals surface area contributed by atoms with Crippen LogP contribution in [0.2, 0.25) is 0 Å². The minimum atomic E-state index is -1.14. The zero-order chi connectivity index (χ0) is 19.0.